The van der Waals surface area contributed by atoms with Gasteiger partial charge in [-0.05, 0) is 50.9 Å². The number of carboxylic acid groups (broad SMARTS) is 1. The third-order valence-corrected chi connectivity index (χ3v) is 4.79. The molecule has 0 aromatic carbocycles. The molecule has 0 saturated carbocycles. The van der Waals surface area contributed by atoms with Crippen LogP contribution in [0.3, 0.4) is 0 Å². The average Bonchev–Trinajstić information content (AvgIpc) is 2.68. The van der Waals surface area contributed by atoms with Crippen molar-refractivity contribution in [2.75, 3.05) is 0 Å². The molecule has 0 aliphatic carbocycles. The molecule has 0 fully saturated rings. The molecule has 0 radical (unpaired) electrons. The van der Waals surface area contributed by atoms with Crippen molar-refractivity contribution < 1.29 is 14.7 Å². The molecule has 0 aliphatic heterocycles. The van der Waals surface area contributed by atoms with E-state index in [1.807, 2.05) is 0 Å². The number of carboxylic acids is 1. The highest BCUT2D eigenvalue weighted by Crippen LogP contribution is 2.08. The Balaban J connectivity index is 3.57. The summed E-state index contributed by atoms with van der Waals surface area (Å²) in [7, 11) is 0. The Hall–Kier alpha value is -1.84. The molecular weight excluding hydrogens is 362 g/mol. The summed E-state index contributed by atoms with van der Waals surface area (Å²) in [5, 5.41) is 11.7. The van der Waals surface area contributed by atoms with E-state index in [1.165, 1.54) is 25.7 Å². The van der Waals surface area contributed by atoms with Crippen molar-refractivity contribution >= 4 is 11.9 Å². The van der Waals surface area contributed by atoms with Crippen molar-refractivity contribution in [1.29, 1.82) is 0 Å². The van der Waals surface area contributed by atoms with Gasteiger partial charge in [-0.15, -0.1) is 0 Å². The smallest absolute Gasteiger partial charge is 0.326 e. The first kappa shape index (κ1) is 27.2. The van der Waals surface area contributed by atoms with Crippen LogP contribution in [0.15, 0.2) is 36.5 Å². The second-order valence-electron chi connectivity index (χ2n) is 7.96. The van der Waals surface area contributed by atoms with Crippen molar-refractivity contribution in [1.82, 2.24) is 5.32 Å². The second-order valence-corrected chi connectivity index (χ2v) is 7.96. The number of hydrogen-bond acceptors (Lipinski definition) is 2. The standard InChI is InChI=1S/C25H43NO3/c1-4-5-6-7-8-9-10-11-12-13-14-15-16-17-18-19-20-21-23(27)26-24(22(2)3)25(28)29/h8-9,11-12,14-15,22,24H,4-7,10,13,16-21H2,1-3H3,(H,26,27)(H,28,29)/b9-8-,12-11-,15-14-/t24-/m0/s1. The van der Waals surface area contributed by atoms with Gasteiger partial charge < -0.3 is 10.4 Å². The zero-order valence-electron chi connectivity index (χ0n) is 18.9. The topological polar surface area (TPSA) is 66.4 Å². The maximum atomic E-state index is 11.8. The fourth-order valence-electron chi connectivity index (χ4n) is 2.95. The summed E-state index contributed by atoms with van der Waals surface area (Å²) in [6, 6.07) is -0.788. The predicted octanol–water partition coefficient (Wildman–Crippen LogP) is 6.58. The Bertz CT molecular complexity index is 506. The van der Waals surface area contributed by atoms with E-state index in [4.69, 9.17) is 5.11 Å². The van der Waals surface area contributed by atoms with Crippen molar-refractivity contribution in [2.45, 2.75) is 104 Å². The Kier molecular flexibility index (Phi) is 18.2. The van der Waals surface area contributed by atoms with Crippen molar-refractivity contribution in [3.05, 3.63) is 36.5 Å². The number of aliphatic carboxylic acids is 1. The first-order valence-electron chi connectivity index (χ1n) is 11.5. The molecule has 29 heavy (non-hydrogen) atoms. The summed E-state index contributed by atoms with van der Waals surface area (Å²) in [5.74, 6) is -1.23. The number of amides is 1. The van der Waals surface area contributed by atoms with Crippen LogP contribution in [-0.2, 0) is 9.59 Å². The summed E-state index contributed by atoms with van der Waals surface area (Å²) in [6.45, 7) is 5.83. The molecule has 166 valence electrons. The van der Waals surface area contributed by atoms with Crippen molar-refractivity contribution in [3.8, 4) is 0 Å². The lowest BCUT2D eigenvalue weighted by Gasteiger charge is -2.17. The number of unbranched alkanes of at least 4 members (excludes halogenated alkanes) is 7. The minimum absolute atomic E-state index is 0.106. The summed E-state index contributed by atoms with van der Waals surface area (Å²) in [4.78, 5) is 22.9. The molecule has 4 nitrogen and oxygen atoms in total. The number of nitrogens with one attached hydrogen (secondary N) is 1. The fourth-order valence-corrected chi connectivity index (χ4v) is 2.95. The molecule has 4 heteroatoms. The van der Waals surface area contributed by atoms with Gasteiger partial charge in [-0.25, -0.2) is 4.79 Å². The van der Waals surface area contributed by atoms with E-state index in [0.29, 0.717) is 6.42 Å². The van der Waals surface area contributed by atoms with Crippen LogP contribution in [0.5, 0.6) is 0 Å². The molecule has 0 aliphatic rings. The SMILES string of the molecule is CCCCC/C=C\C/C=C\C/C=C\CCCCCCC(=O)N[C@H](C(=O)O)C(C)C. The molecule has 0 heterocycles. The van der Waals surface area contributed by atoms with E-state index in [9.17, 15) is 9.59 Å². The fraction of sp³-hybridized carbons (Fsp3) is 0.680. The number of hydrogen-bond donors (Lipinski definition) is 2. The maximum absolute atomic E-state index is 11.8. The van der Waals surface area contributed by atoms with Gasteiger partial charge in [0.1, 0.15) is 6.04 Å². The lowest BCUT2D eigenvalue weighted by molar-refractivity contribution is -0.143. The van der Waals surface area contributed by atoms with E-state index in [-0.39, 0.29) is 11.8 Å². The number of carbonyl (C=O) groups excluding carboxylic acids is 1. The van der Waals surface area contributed by atoms with Gasteiger partial charge in [0, 0.05) is 6.42 Å². The van der Waals surface area contributed by atoms with Crippen LogP contribution >= 0.6 is 0 Å². The highest BCUT2D eigenvalue weighted by Gasteiger charge is 2.22. The third-order valence-electron chi connectivity index (χ3n) is 4.79. The molecule has 0 aromatic heterocycles. The molecule has 0 aromatic rings. The highest BCUT2D eigenvalue weighted by molar-refractivity contribution is 5.83. The van der Waals surface area contributed by atoms with Gasteiger partial charge in [0.2, 0.25) is 5.91 Å². The molecule has 0 bridgehead atoms. The Labute approximate surface area is 178 Å². The van der Waals surface area contributed by atoms with Crippen LogP contribution in [0.4, 0.5) is 0 Å². The van der Waals surface area contributed by atoms with E-state index in [2.05, 4.69) is 48.7 Å². The zero-order valence-corrected chi connectivity index (χ0v) is 18.9. The van der Waals surface area contributed by atoms with Gasteiger partial charge in [0.15, 0.2) is 0 Å². The molecule has 2 N–H and O–H groups in total. The van der Waals surface area contributed by atoms with Gasteiger partial charge in [-0.2, -0.15) is 0 Å². The number of carbonyl (C=O) groups is 2. The highest BCUT2D eigenvalue weighted by atomic mass is 16.4. The van der Waals surface area contributed by atoms with Crippen LogP contribution < -0.4 is 5.32 Å². The summed E-state index contributed by atoms with van der Waals surface area (Å²) < 4.78 is 0. The number of allylic oxidation sites excluding steroid dienone is 6. The van der Waals surface area contributed by atoms with Gasteiger partial charge in [0.25, 0.3) is 0 Å². The first-order valence-corrected chi connectivity index (χ1v) is 11.5. The first-order chi connectivity index (χ1) is 14.0. The lowest BCUT2D eigenvalue weighted by atomic mass is 10.0. The maximum Gasteiger partial charge on any atom is 0.326 e. The van der Waals surface area contributed by atoms with Crippen LogP contribution in [0.1, 0.15) is 97.8 Å². The molecule has 1 amide bonds. The van der Waals surface area contributed by atoms with Gasteiger partial charge in [-0.1, -0.05) is 82.9 Å². The Morgan fingerprint density at radius 2 is 1.31 bits per heavy atom. The van der Waals surface area contributed by atoms with E-state index >= 15 is 0 Å². The minimum atomic E-state index is -0.964. The van der Waals surface area contributed by atoms with E-state index in [0.717, 1.165) is 44.9 Å². The van der Waals surface area contributed by atoms with Crippen LogP contribution in [-0.4, -0.2) is 23.0 Å². The van der Waals surface area contributed by atoms with Gasteiger partial charge in [-0.3, -0.25) is 4.79 Å². The quantitative estimate of drug-likeness (QED) is 0.200. The summed E-state index contributed by atoms with van der Waals surface area (Å²) in [5.41, 5.74) is 0. The van der Waals surface area contributed by atoms with Gasteiger partial charge >= 0.3 is 5.97 Å². The van der Waals surface area contributed by atoms with Crippen molar-refractivity contribution in [2.24, 2.45) is 5.92 Å². The van der Waals surface area contributed by atoms with Crippen molar-refractivity contribution in [3.63, 3.8) is 0 Å². The monoisotopic (exact) mass is 405 g/mol. The number of rotatable bonds is 18. The van der Waals surface area contributed by atoms with Crippen LogP contribution in [0.2, 0.25) is 0 Å². The Morgan fingerprint density at radius 3 is 1.83 bits per heavy atom. The normalized spacial score (nSPS) is 13.1. The minimum Gasteiger partial charge on any atom is -0.480 e. The summed E-state index contributed by atoms with van der Waals surface area (Å²) >= 11 is 0. The molecular formula is C25H43NO3. The third kappa shape index (κ3) is 18.0. The molecule has 1 atom stereocenters. The average molecular weight is 406 g/mol. The molecule has 0 spiro atoms. The second kappa shape index (κ2) is 19.5. The van der Waals surface area contributed by atoms with Gasteiger partial charge in [0.05, 0.1) is 0 Å². The largest absolute Gasteiger partial charge is 0.480 e. The molecule has 0 rings (SSSR count). The van der Waals surface area contributed by atoms with Crippen LogP contribution in [0.25, 0.3) is 0 Å². The lowest BCUT2D eigenvalue weighted by Crippen LogP contribution is -2.44. The predicted molar refractivity (Wildman–Crippen MR) is 123 cm³/mol. The van der Waals surface area contributed by atoms with E-state index < -0.39 is 12.0 Å². The van der Waals surface area contributed by atoms with Crippen LogP contribution in [0, 0.1) is 5.92 Å². The zero-order chi connectivity index (χ0) is 21.7. The molecule has 0 unspecified atom stereocenters. The summed E-state index contributed by atoms with van der Waals surface area (Å²) in [6.07, 6.45) is 26.1. The molecule has 0 saturated heterocycles. The van der Waals surface area contributed by atoms with E-state index in [1.54, 1.807) is 13.8 Å². The Morgan fingerprint density at radius 1 is 0.793 bits per heavy atom.